The van der Waals surface area contributed by atoms with Gasteiger partial charge in [-0.25, -0.2) is 4.98 Å². The lowest BCUT2D eigenvalue weighted by Crippen LogP contribution is -2.49. The smallest absolute Gasteiger partial charge is 0.289 e. The standard InChI is InChI=1S/C22H22N6O5S/c1-2-17-23-22-27(24-17)21(30)19(34-22)18(14-5-7-15(8-6-14)28(31)32)25-9-11-26(12-10-25)20(29)16-4-3-13-33-16/h3-8,13,18,30H,2,9-12H2,1H3. The van der Waals surface area contributed by atoms with Crippen molar-refractivity contribution < 1.29 is 19.2 Å². The molecule has 5 rings (SSSR count). The highest BCUT2D eigenvalue weighted by molar-refractivity contribution is 7.17. The van der Waals surface area contributed by atoms with Crippen molar-refractivity contribution in [2.24, 2.45) is 0 Å². The van der Waals surface area contributed by atoms with Gasteiger partial charge in [0.2, 0.25) is 10.8 Å². The van der Waals surface area contributed by atoms with Crippen molar-refractivity contribution >= 4 is 27.9 Å². The fraction of sp³-hybridized carbons (Fsp3) is 0.318. The van der Waals surface area contributed by atoms with Crippen molar-refractivity contribution in [3.05, 3.63) is 74.8 Å². The maximum absolute atomic E-state index is 12.7. The minimum absolute atomic E-state index is 0.00387. The van der Waals surface area contributed by atoms with Gasteiger partial charge in [-0.15, -0.1) is 5.10 Å². The van der Waals surface area contributed by atoms with Gasteiger partial charge in [0.25, 0.3) is 11.6 Å². The van der Waals surface area contributed by atoms with Gasteiger partial charge in [0.15, 0.2) is 11.6 Å². The first-order valence-electron chi connectivity index (χ1n) is 10.8. The van der Waals surface area contributed by atoms with Crippen LogP contribution in [0.3, 0.4) is 0 Å². The summed E-state index contributed by atoms with van der Waals surface area (Å²) in [5.74, 6) is 0.787. The molecule has 0 bridgehead atoms. The van der Waals surface area contributed by atoms with Crippen molar-refractivity contribution in [1.82, 2.24) is 24.4 Å². The first kappa shape index (κ1) is 22.0. The number of carbonyl (C=O) groups excluding carboxylic acids is 1. The monoisotopic (exact) mass is 482 g/mol. The summed E-state index contributed by atoms with van der Waals surface area (Å²) in [6.45, 7) is 3.98. The fourth-order valence-corrected chi connectivity index (χ4v) is 5.30. The van der Waals surface area contributed by atoms with Crippen LogP contribution in [-0.2, 0) is 6.42 Å². The predicted octanol–water partition coefficient (Wildman–Crippen LogP) is 3.11. The fourth-order valence-electron chi connectivity index (χ4n) is 4.16. The van der Waals surface area contributed by atoms with Gasteiger partial charge in [0, 0.05) is 44.7 Å². The molecule has 1 N–H and O–H groups in total. The number of aromatic hydroxyl groups is 1. The summed E-state index contributed by atoms with van der Waals surface area (Å²) in [5.41, 5.74) is 0.794. The van der Waals surface area contributed by atoms with Crippen molar-refractivity contribution in [1.29, 1.82) is 0 Å². The van der Waals surface area contributed by atoms with Gasteiger partial charge in [-0.05, 0) is 17.7 Å². The summed E-state index contributed by atoms with van der Waals surface area (Å²) in [4.78, 5) is 33.0. The summed E-state index contributed by atoms with van der Waals surface area (Å²) >= 11 is 1.34. The van der Waals surface area contributed by atoms with E-state index in [1.54, 1.807) is 29.2 Å². The van der Waals surface area contributed by atoms with Gasteiger partial charge in [0.05, 0.1) is 22.1 Å². The van der Waals surface area contributed by atoms with Crippen LogP contribution in [0.1, 0.15) is 39.8 Å². The zero-order chi connectivity index (χ0) is 23.8. The number of benzene rings is 1. The van der Waals surface area contributed by atoms with Crippen LogP contribution in [0.2, 0.25) is 0 Å². The lowest BCUT2D eigenvalue weighted by Gasteiger charge is -2.38. The number of nitro benzene ring substituents is 1. The second-order valence-electron chi connectivity index (χ2n) is 7.92. The number of aryl methyl sites for hydroxylation is 1. The first-order valence-corrected chi connectivity index (χ1v) is 11.7. The van der Waals surface area contributed by atoms with Crippen LogP contribution in [0.15, 0.2) is 47.1 Å². The van der Waals surface area contributed by atoms with Gasteiger partial charge in [0.1, 0.15) is 0 Å². The zero-order valence-corrected chi connectivity index (χ0v) is 19.1. The summed E-state index contributed by atoms with van der Waals surface area (Å²) in [5, 5.41) is 26.5. The van der Waals surface area contributed by atoms with Crippen LogP contribution in [0.5, 0.6) is 5.88 Å². The van der Waals surface area contributed by atoms with E-state index >= 15 is 0 Å². The molecule has 0 radical (unpaired) electrons. The molecule has 34 heavy (non-hydrogen) atoms. The van der Waals surface area contributed by atoms with Crippen molar-refractivity contribution in [3.63, 3.8) is 0 Å². The lowest BCUT2D eigenvalue weighted by molar-refractivity contribution is -0.384. The summed E-state index contributed by atoms with van der Waals surface area (Å²) in [6.07, 6.45) is 2.13. The second kappa shape index (κ2) is 8.88. The van der Waals surface area contributed by atoms with Gasteiger partial charge >= 0.3 is 0 Å². The largest absolute Gasteiger partial charge is 0.492 e. The topological polar surface area (TPSA) is 130 Å². The van der Waals surface area contributed by atoms with E-state index in [9.17, 15) is 20.0 Å². The average molecular weight is 483 g/mol. The number of rotatable bonds is 6. The Balaban J connectivity index is 1.46. The quantitative estimate of drug-likeness (QED) is 0.328. The molecule has 1 aliphatic rings. The molecule has 3 aromatic heterocycles. The Kier molecular flexibility index (Phi) is 5.75. The molecule has 11 nitrogen and oxygen atoms in total. The Morgan fingerprint density at radius 2 is 1.97 bits per heavy atom. The number of amides is 1. The van der Waals surface area contributed by atoms with Gasteiger partial charge < -0.3 is 14.4 Å². The molecular formula is C22H22N6O5S. The summed E-state index contributed by atoms with van der Waals surface area (Å²) in [7, 11) is 0. The predicted molar refractivity (Wildman–Crippen MR) is 123 cm³/mol. The number of nitro groups is 1. The molecule has 1 amide bonds. The van der Waals surface area contributed by atoms with Crippen molar-refractivity contribution in [2.75, 3.05) is 26.2 Å². The van der Waals surface area contributed by atoms with Crippen LogP contribution >= 0.6 is 11.3 Å². The number of hydrogen-bond acceptors (Lipinski definition) is 9. The maximum Gasteiger partial charge on any atom is 0.289 e. The van der Waals surface area contributed by atoms with Crippen LogP contribution in [0.4, 0.5) is 5.69 Å². The van der Waals surface area contributed by atoms with Crippen LogP contribution in [0, 0.1) is 10.1 Å². The second-order valence-corrected chi connectivity index (χ2v) is 8.93. The molecule has 0 aliphatic carbocycles. The van der Waals surface area contributed by atoms with Crippen molar-refractivity contribution in [3.8, 4) is 5.88 Å². The van der Waals surface area contributed by atoms with Crippen LogP contribution < -0.4 is 0 Å². The molecule has 1 atom stereocenters. The number of furan rings is 1. The van der Waals surface area contributed by atoms with E-state index in [1.165, 1.54) is 34.2 Å². The molecule has 1 unspecified atom stereocenters. The molecule has 4 heterocycles. The van der Waals surface area contributed by atoms with Gasteiger partial charge in [-0.3, -0.25) is 19.8 Å². The zero-order valence-electron chi connectivity index (χ0n) is 18.3. The Hall–Kier alpha value is -3.77. The molecular weight excluding hydrogens is 460 g/mol. The van der Waals surface area contributed by atoms with Crippen LogP contribution in [-0.4, -0.2) is 66.5 Å². The van der Waals surface area contributed by atoms with E-state index in [1.807, 2.05) is 6.92 Å². The Bertz CT molecular complexity index is 1320. The van der Waals surface area contributed by atoms with E-state index in [4.69, 9.17) is 4.42 Å². The number of thiazole rings is 1. The highest BCUT2D eigenvalue weighted by atomic mass is 32.1. The lowest BCUT2D eigenvalue weighted by atomic mass is 10.0. The highest BCUT2D eigenvalue weighted by Gasteiger charge is 2.33. The molecule has 0 spiro atoms. The molecule has 1 fully saturated rings. The molecule has 176 valence electrons. The molecule has 1 aromatic carbocycles. The minimum atomic E-state index is -0.440. The van der Waals surface area contributed by atoms with Crippen LogP contribution in [0.25, 0.3) is 4.96 Å². The van der Waals surface area contributed by atoms with E-state index in [-0.39, 0.29) is 23.5 Å². The number of hydrogen-bond donors (Lipinski definition) is 1. The number of carbonyl (C=O) groups is 1. The number of piperazine rings is 1. The van der Waals surface area contributed by atoms with Gasteiger partial charge in [-0.2, -0.15) is 4.52 Å². The Morgan fingerprint density at radius 1 is 1.24 bits per heavy atom. The molecule has 0 saturated carbocycles. The molecule has 1 saturated heterocycles. The maximum atomic E-state index is 12.7. The molecule has 4 aromatic rings. The van der Waals surface area contributed by atoms with Gasteiger partial charge in [-0.1, -0.05) is 30.4 Å². The summed E-state index contributed by atoms with van der Waals surface area (Å²) in [6, 6.07) is 9.28. The number of fused-ring (bicyclic) bond motifs is 1. The third-order valence-corrected chi connectivity index (χ3v) is 7.00. The first-order chi connectivity index (χ1) is 16.5. The Labute approximate surface area is 198 Å². The third-order valence-electron chi connectivity index (χ3n) is 5.93. The third kappa shape index (κ3) is 3.90. The SMILES string of the molecule is CCc1nc2sc(C(c3ccc([N+](=O)[O-])cc3)N3CCN(C(=O)c4ccco4)CC3)c(O)n2n1. The van der Waals surface area contributed by atoms with E-state index in [2.05, 4.69) is 15.0 Å². The van der Waals surface area contributed by atoms with E-state index in [0.29, 0.717) is 54.0 Å². The number of nitrogens with zero attached hydrogens (tertiary/aromatic N) is 6. The minimum Gasteiger partial charge on any atom is -0.492 e. The molecule has 12 heteroatoms. The van der Waals surface area contributed by atoms with E-state index in [0.717, 1.165) is 5.56 Å². The normalized spacial score (nSPS) is 15.6. The average Bonchev–Trinajstić information content (AvgIpc) is 3.59. The van der Waals surface area contributed by atoms with E-state index < -0.39 is 4.92 Å². The number of non-ortho nitro benzene ring substituents is 1. The summed E-state index contributed by atoms with van der Waals surface area (Å²) < 4.78 is 6.68. The highest BCUT2D eigenvalue weighted by Crippen LogP contribution is 2.40. The Morgan fingerprint density at radius 3 is 2.56 bits per heavy atom. The van der Waals surface area contributed by atoms with Crippen molar-refractivity contribution in [2.45, 2.75) is 19.4 Å². The number of aromatic nitrogens is 3. The molecule has 1 aliphatic heterocycles.